The molecular weight excluding hydrogens is 268 g/mol. The first kappa shape index (κ1) is 16.4. The Labute approximate surface area is 117 Å². The van der Waals surface area contributed by atoms with Gasteiger partial charge in [-0.05, 0) is 6.92 Å². The van der Waals surface area contributed by atoms with Gasteiger partial charge in [-0.25, -0.2) is 0 Å². The largest absolute Gasteiger partial charge is 0.458 e. The topological polar surface area (TPSA) is 88.1 Å². The zero-order valence-electron chi connectivity index (χ0n) is 12.2. The Bertz CT molecular complexity index is 392. The molecule has 0 spiro atoms. The molecule has 5 unspecified atom stereocenters. The van der Waals surface area contributed by atoms with Crippen LogP contribution in [-0.2, 0) is 33.3 Å². The molecule has 0 aromatic rings. The fraction of sp³-hybridized carbons (Fsp3) is 0.769. The van der Waals surface area contributed by atoms with Gasteiger partial charge in [-0.1, -0.05) is 6.92 Å². The highest BCUT2D eigenvalue weighted by Crippen LogP contribution is 2.31. The van der Waals surface area contributed by atoms with Gasteiger partial charge in [0.2, 0.25) is 6.29 Å². The Morgan fingerprint density at radius 3 is 1.70 bits per heavy atom. The lowest BCUT2D eigenvalue weighted by atomic mass is 9.92. The van der Waals surface area contributed by atoms with Crippen LogP contribution in [0.5, 0.6) is 0 Å². The van der Waals surface area contributed by atoms with Crippen LogP contribution in [0.15, 0.2) is 0 Å². The van der Waals surface area contributed by atoms with E-state index in [1.165, 1.54) is 20.8 Å². The maximum absolute atomic E-state index is 11.2. The maximum Gasteiger partial charge on any atom is 0.304 e. The van der Waals surface area contributed by atoms with Crippen molar-refractivity contribution in [2.75, 3.05) is 0 Å². The number of carbonyl (C=O) groups excluding carboxylic acids is 3. The highest BCUT2D eigenvalue weighted by molar-refractivity contribution is 5.67. The van der Waals surface area contributed by atoms with E-state index in [4.69, 9.17) is 18.9 Å². The van der Waals surface area contributed by atoms with Crippen molar-refractivity contribution in [3.8, 4) is 0 Å². The van der Waals surface area contributed by atoms with Gasteiger partial charge in [-0.3, -0.25) is 14.4 Å². The van der Waals surface area contributed by atoms with Crippen LogP contribution in [0.25, 0.3) is 0 Å². The van der Waals surface area contributed by atoms with Crippen molar-refractivity contribution < 1.29 is 33.3 Å². The van der Waals surface area contributed by atoms with Gasteiger partial charge >= 0.3 is 17.9 Å². The minimum absolute atomic E-state index is 0.455. The molecule has 7 nitrogen and oxygen atoms in total. The molecule has 0 aliphatic carbocycles. The van der Waals surface area contributed by atoms with E-state index in [9.17, 15) is 14.4 Å². The monoisotopic (exact) mass is 288 g/mol. The van der Waals surface area contributed by atoms with Crippen LogP contribution in [0, 0.1) is 5.92 Å². The van der Waals surface area contributed by atoms with Gasteiger partial charge in [-0.15, -0.1) is 0 Å². The van der Waals surface area contributed by atoms with Gasteiger partial charge in [0.25, 0.3) is 0 Å². The van der Waals surface area contributed by atoms with Crippen molar-refractivity contribution in [1.82, 2.24) is 0 Å². The Balaban J connectivity index is 2.93. The second kappa shape index (κ2) is 6.69. The molecule has 114 valence electrons. The minimum Gasteiger partial charge on any atom is -0.458 e. The number of esters is 3. The first-order valence-corrected chi connectivity index (χ1v) is 6.39. The van der Waals surface area contributed by atoms with Gasteiger partial charge in [0.15, 0.2) is 6.10 Å². The summed E-state index contributed by atoms with van der Waals surface area (Å²) in [7, 11) is 0. The van der Waals surface area contributed by atoms with Crippen molar-refractivity contribution in [2.24, 2.45) is 5.92 Å². The van der Waals surface area contributed by atoms with Crippen LogP contribution < -0.4 is 0 Å². The van der Waals surface area contributed by atoms with Crippen molar-refractivity contribution in [2.45, 2.75) is 59.2 Å². The molecule has 0 N–H and O–H groups in total. The second-order valence-corrected chi connectivity index (χ2v) is 4.83. The van der Waals surface area contributed by atoms with Gasteiger partial charge in [0.1, 0.15) is 6.10 Å². The number of hydrogen-bond acceptors (Lipinski definition) is 7. The zero-order valence-corrected chi connectivity index (χ0v) is 12.2. The highest BCUT2D eigenvalue weighted by Gasteiger charge is 2.47. The van der Waals surface area contributed by atoms with E-state index in [2.05, 4.69) is 0 Å². The average Bonchev–Trinajstić information content (AvgIpc) is 2.28. The number of rotatable bonds is 3. The summed E-state index contributed by atoms with van der Waals surface area (Å²) in [6.45, 7) is 7.15. The molecule has 20 heavy (non-hydrogen) atoms. The van der Waals surface area contributed by atoms with Gasteiger partial charge in [-0.2, -0.15) is 0 Å². The van der Waals surface area contributed by atoms with Crippen molar-refractivity contribution >= 4 is 17.9 Å². The Morgan fingerprint density at radius 1 is 0.800 bits per heavy atom. The van der Waals surface area contributed by atoms with Gasteiger partial charge in [0, 0.05) is 20.8 Å². The third-order valence-corrected chi connectivity index (χ3v) is 2.97. The molecule has 7 heteroatoms. The lowest BCUT2D eigenvalue weighted by Crippen LogP contribution is -2.56. The van der Waals surface area contributed by atoms with E-state index >= 15 is 0 Å². The summed E-state index contributed by atoms with van der Waals surface area (Å²) in [4.78, 5) is 33.4. The van der Waals surface area contributed by atoms with E-state index in [-0.39, 0.29) is 0 Å². The SMILES string of the molecule is CC(=O)OC1OC(C)C(OC(C)=O)C(OC(C)=O)C1C. The first-order chi connectivity index (χ1) is 9.22. The number of hydrogen-bond donors (Lipinski definition) is 0. The summed E-state index contributed by atoms with van der Waals surface area (Å²) < 4.78 is 20.9. The molecule has 0 bridgehead atoms. The predicted molar refractivity (Wildman–Crippen MR) is 66.4 cm³/mol. The van der Waals surface area contributed by atoms with Crippen LogP contribution in [0.2, 0.25) is 0 Å². The predicted octanol–water partition coefficient (Wildman–Crippen LogP) is 0.794. The molecular formula is C13H20O7. The molecule has 1 saturated heterocycles. The second-order valence-electron chi connectivity index (χ2n) is 4.83. The molecule has 0 amide bonds. The third-order valence-electron chi connectivity index (χ3n) is 2.97. The Kier molecular flexibility index (Phi) is 5.50. The van der Waals surface area contributed by atoms with Crippen molar-refractivity contribution in [3.05, 3.63) is 0 Å². The molecule has 5 atom stereocenters. The number of ether oxygens (including phenoxy) is 4. The smallest absolute Gasteiger partial charge is 0.304 e. The van der Waals surface area contributed by atoms with Gasteiger partial charge < -0.3 is 18.9 Å². The van der Waals surface area contributed by atoms with Crippen molar-refractivity contribution in [3.63, 3.8) is 0 Å². The molecule has 1 rings (SSSR count). The fourth-order valence-electron chi connectivity index (χ4n) is 2.15. The Hall–Kier alpha value is -1.63. The van der Waals surface area contributed by atoms with E-state index in [1.54, 1.807) is 13.8 Å². The van der Waals surface area contributed by atoms with E-state index in [0.717, 1.165) is 0 Å². The molecule has 0 aromatic carbocycles. The summed E-state index contributed by atoms with van der Waals surface area (Å²) in [5.41, 5.74) is 0. The number of carbonyl (C=O) groups is 3. The fourth-order valence-corrected chi connectivity index (χ4v) is 2.15. The van der Waals surface area contributed by atoms with Gasteiger partial charge in [0.05, 0.1) is 12.0 Å². The standard InChI is InChI=1S/C13H20O7/c1-6-11(18-8(3)14)12(19-9(4)15)7(2)17-13(6)20-10(5)16/h6-7,11-13H,1-5H3. The van der Waals surface area contributed by atoms with Crippen LogP contribution in [0.1, 0.15) is 34.6 Å². The normalized spacial score (nSPS) is 33.1. The summed E-state index contributed by atoms with van der Waals surface area (Å²) in [6, 6.07) is 0. The lowest BCUT2D eigenvalue weighted by molar-refractivity contribution is -0.271. The molecule has 0 saturated carbocycles. The summed E-state index contributed by atoms with van der Waals surface area (Å²) in [6.07, 6.45) is -2.88. The summed E-state index contributed by atoms with van der Waals surface area (Å²) in [5, 5.41) is 0. The van der Waals surface area contributed by atoms with Crippen LogP contribution >= 0.6 is 0 Å². The Morgan fingerprint density at radius 2 is 1.25 bits per heavy atom. The molecule has 0 aromatic heterocycles. The third kappa shape index (κ3) is 4.19. The average molecular weight is 288 g/mol. The van der Waals surface area contributed by atoms with E-state index in [1.807, 2.05) is 0 Å². The summed E-state index contributed by atoms with van der Waals surface area (Å²) >= 11 is 0. The molecule has 1 heterocycles. The van der Waals surface area contributed by atoms with Crippen LogP contribution in [-0.4, -0.2) is 42.5 Å². The summed E-state index contributed by atoms with van der Waals surface area (Å²) in [5.74, 6) is -1.96. The lowest BCUT2D eigenvalue weighted by Gasteiger charge is -2.42. The van der Waals surface area contributed by atoms with E-state index < -0.39 is 48.4 Å². The zero-order chi connectivity index (χ0) is 15.4. The maximum atomic E-state index is 11.2. The molecule has 0 radical (unpaired) electrons. The van der Waals surface area contributed by atoms with Crippen LogP contribution in [0.3, 0.4) is 0 Å². The quantitative estimate of drug-likeness (QED) is 0.560. The molecule has 1 aliphatic rings. The molecule has 1 aliphatic heterocycles. The first-order valence-electron chi connectivity index (χ1n) is 6.39. The highest BCUT2D eigenvalue weighted by atomic mass is 16.7. The minimum atomic E-state index is -0.848. The molecule has 1 fully saturated rings. The van der Waals surface area contributed by atoms with E-state index in [0.29, 0.717) is 0 Å². The van der Waals surface area contributed by atoms with Crippen LogP contribution in [0.4, 0.5) is 0 Å². The van der Waals surface area contributed by atoms with Crippen molar-refractivity contribution in [1.29, 1.82) is 0 Å².